The fourth-order valence-electron chi connectivity index (χ4n) is 3.11. The summed E-state index contributed by atoms with van der Waals surface area (Å²) >= 11 is 0. The third-order valence-corrected chi connectivity index (χ3v) is 4.31. The molecule has 0 radical (unpaired) electrons. The molecule has 0 aliphatic heterocycles. The first-order valence-corrected chi connectivity index (χ1v) is 7.23. The van der Waals surface area contributed by atoms with Crippen LogP contribution in [0.4, 0.5) is 0 Å². The Morgan fingerprint density at radius 1 is 1.33 bits per heavy atom. The third kappa shape index (κ3) is 3.36. The highest BCUT2D eigenvalue weighted by Crippen LogP contribution is 2.36. The zero-order valence-electron chi connectivity index (χ0n) is 11.5. The van der Waals surface area contributed by atoms with Gasteiger partial charge in [0.25, 0.3) is 0 Å². The van der Waals surface area contributed by atoms with E-state index >= 15 is 0 Å². The fraction of sp³-hybridized carbons (Fsp3) is 0.733. The topological polar surface area (TPSA) is 42.4 Å². The summed E-state index contributed by atoms with van der Waals surface area (Å²) in [5, 5.41) is 0. The fourth-order valence-corrected chi connectivity index (χ4v) is 3.11. The Morgan fingerprint density at radius 2 is 2.11 bits per heavy atom. The molecule has 0 spiro atoms. The minimum absolute atomic E-state index is 0.348. The Bertz CT molecular complexity index is 328. The van der Waals surface area contributed by atoms with Gasteiger partial charge in [0.05, 0.1) is 12.8 Å². The summed E-state index contributed by atoms with van der Waals surface area (Å²) in [7, 11) is 0. The molecule has 3 nitrogen and oxygen atoms in total. The lowest BCUT2D eigenvalue weighted by atomic mass is 9.73. The van der Waals surface area contributed by atoms with Crippen LogP contribution in [0.5, 0.6) is 0 Å². The number of rotatable bonds is 6. The molecule has 1 aliphatic rings. The average molecular weight is 250 g/mol. The van der Waals surface area contributed by atoms with E-state index < -0.39 is 0 Å². The summed E-state index contributed by atoms with van der Waals surface area (Å²) in [6.45, 7) is 6.12. The van der Waals surface area contributed by atoms with Crippen molar-refractivity contribution in [3.8, 4) is 0 Å². The number of nitrogens with zero attached hydrogens (tertiary/aromatic N) is 1. The van der Waals surface area contributed by atoms with E-state index in [1.807, 2.05) is 6.07 Å². The summed E-state index contributed by atoms with van der Waals surface area (Å²) in [5.74, 6) is 1.06. The molecule has 0 bridgehead atoms. The maximum Gasteiger partial charge on any atom is 0.117 e. The van der Waals surface area contributed by atoms with Gasteiger partial charge in [-0.1, -0.05) is 26.2 Å². The lowest BCUT2D eigenvalue weighted by Crippen LogP contribution is -2.43. The zero-order valence-corrected chi connectivity index (χ0v) is 11.5. The average Bonchev–Trinajstić information content (AvgIpc) is 2.92. The van der Waals surface area contributed by atoms with E-state index in [0.29, 0.717) is 5.41 Å². The molecular formula is C15H26N2O. The number of nitrogens with two attached hydrogens (primary N) is 1. The van der Waals surface area contributed by atoms with Crippen LogP contribution in [0.2, 0.25) is 0 Å². The molecule has 0 unspecified atom stereocenters. The Morgan fingerprint density at radius 3 is 2.67 bits per heavy atom. The van der Waals surface area contributed by atoms with Gasteiger partial charge in [-0.05, 0) is 43.5 Å². The minimum Gasteiger partial charge on any atom is -0.468 e. The Labute approximate surface area is 110 Å². The first-order valence-electron chi connectivity index (χ1n) is 7.23. The summed E-state index contributed by atoms with van der Waals surface area (Å²) < 4.78 is 5.45. The van der Waals surface area contributed by atoms with E-state index in [2.05, 4.69) is 17.9 Å². The number of furan rings is 1. The molecule has 0 saturated heterocycles. The summed E-state index contributed by atoms with van der Waals surface area (Å²) in [4.78, 5) is 2.47. The van der Waals surface area contributed by atoms with E-state index in [1.54, 1.807) is 6.26 Å². The smallest absolute Gasteiger partial charge is 0.117 e. The summed E-state index contributed by atoms with van der Waals surface area (Å²) in [6, 6.07) is 4.02. The minimum atomic E-state index is 0.348. The van der Waals surface area contributed by atoms with E-state index in [-0.39, 0.29) is 0 Å². The van der Waals surface area contributed by atoms with Gasteiger partial charge in [0, 0.05) is 6.54 Å². The second kappa shape index (κ2) is 6.39. The molecule has 3 heteroatoms. The van der Waals surface area contributed by atoms with Crippen LogP contribution in [0.3, 0.4) is 0 Å². The highest BCUT2D eigenvalue weighted by Gasteiger charge is 2.32. The van der Waals surface area contributed by atoms with Crippen molar-refractivity contribution in [2.75, 3.05) is 19.6 Å². The molecule has 18 heavy (non-hydrogen) atoms. The Balaban J connectivity index is 1.95. The summed E-state index contributed by atoms with van der Waals surface area (Å²) in [5.41, 5.74) is 6.41. The molecule has 1 fully saturated rings. The van der Waals surface area contributed by atoms with Crippen LogP contribution >= 0.6 is 0 Å². The highest BCUT2D eigenvalue weighted by molar-refractivity contribution is 4.98. The van der Waals surface area contributed by atoms with E-state index in [4.69, 9.17) is 10.2 Å². The molecule has 1 saturated carbocycles. The van der Waals surface area contributed by atoms with Gasteiger partial charge < -0.3 is 10.2 Å². The molecule has 1 aromatic heterocycles. The molecule has 1 aromatic rings. The van der Waals surface area contributed by atoms with Gasteiger partial charge >= 0.3 is 0 Å². The normalized spacial score (nSPS) is 19.3. The lowest BCUT2D eigenvalue weighted by molar-refractivity contribution is 0.105. The second-order valence-corrected chi connectivity index (χ2v) is 5.65. The molecule has 1 aliphatic carbocycles. The van der Waals surface area contributed by atoms with Crippen molar-refractivity contribution in [1.82, 2.24) is 4.90 Å². The molecule has 102 valence electrons. The maximum absolute atomic E-state index is 6.06. The largest absolute Gasteiger partial charge is 0.468 e. The van der Waals surface area contributed by atoms with Crippen molar-refractivity contribution in [2.24, 2.45) is 11.1 Å². The monoisotopic (exact) mass is 250 g/mol. The van der Waals surface area contributed by atoms with Crippen LogP contribution in [0, 0.1) is 5.41 Å². The highest BCUT2D eigenvalue weighted by atomic mass is 16.3. The lowest BCUT2D eigenvalue weighted by Gasteiger charge is -2.40. The number of hydrogen-bond donors (Lipinski definition) is 1. The van der Waals surface area contributed by atoms with Crippen LogP contribution in [0.1, 0.15) is 44.8 Å². The van der Waals surface area contributed by atoms with Crippen LogP contribution < -0.4 is 5.73 Å². The molecule has 2 N–H and O–H groups in total. The van der Waals surface area contributed by atoms with Gasteiger partial charge in [-0.3, -0.25) is 4.90 Å². The van der Waals surface area contributed by atoms with Crippen molar-refractivity contribution in [2.45, 2.75) is 45.6 Å². The molecule has 2 rings (SSSR count). The van der Waals surface area contributed by atoms with Crippen molar-refractivity contribution in [1.29, 1.82) is 0 Å². The first kappa shape index (κ1) is 13.6. The van der Waals surface area contributed by atoms with Crippen molar-refractivity contribution >= 4 is 0 Å². The molecule has 0 aromatic carbocycles. The van der Waals surface area contributed by atoms with E-state index in [1.165, 1.54) is 32.1 Å². The molecule has 1 heterocycles. The van der Waals surface area contributed by atoms with Crippen molar-refractivity contribution < 1.29 is 4.42 Å². The predicted octanol–water partition coefficient (Wildman–Crippen LogP) is 3.01. The van der Waals surface area contributed by atoms with Gasteiger partial charge in [0.15, 0.2) is 0 Å². The molecule has 0 atom stereocenters. The molecular weight excluding hydrogens is 224 g/mol. The zero-order chi connectivity index (χ0) is 12.8. The van der Waals surface area contributed by atoms with Crippen LogP contribution in [0.15, 0.2) is 22.8 Å². The SMILES string of the molecule is CCN(Cc1ccco1)CC1(CN)CCCCC1. The van der Waals surface area contributed by atoms with Gasteiger partial charge in [-0.25, -0.2) is 0 Å². The van der Waals surface area contributed by atoms with Gasteiger partial charge in [-0.2, -0.15) is 0 Å². The predicted molar refractivity (Wildman–Crippen MR) is 74.2 cm³/mol. The van der Waals surface area contributed by atoms with Gasteiger partial charge in [-0.15, -0.1) is 0 Å². The number of hydrogen-bond acceptors (Lipinski definition) is 3. The maximum atomic E-state index is 6.06. The van der Waals surface area contributed by atoms with Crippen molar-refractivity contribution in [3.63, 3.8) is 0 Å². The van der Waals surface area contributed by atoms with Crippen LogP contribution in [0.25, 0.3) is 0 Å². The van der Waals surface area contributed by atoms with Gasteiger partial charge in [0.1, 0.15) is 5.76 Å². The summed E-state index contributed by atoms with van der Waals surface area (Å²) in [6.07, 6.45) is 8.40. The quantitative estimate of drug-likeness (QED) is 0.844. The van der Waals surface area contributed by atoms with Crippen molar-refractivity contribution in [3.05, 3.63) is 24.2 Å². The first-order chi connectivity index (χ1) is 8.78. The molecule has 0 amide bonds. The Kier molecular flexibility index (Phi) is 4.84. The van der Waals surface area contributed by atoms with Gasteiger partial charge in [0.2, 0.25) is 0 Å². The Hall–Kier alpha value is -0.800. The standard InChI is InChI=1S/C15H26N2O/c1-2-17(11-14-7-6-10-18-14)13-15(12-16)8-4-3-5-9-15/h6-7,10H,2-5,8-9,11-13,16H2,1H3. The third-order valence-electron chi connectivity index (χ3n) is 4.31. The second-order valence-electron chi connectivity index (χ2n) is 5.65. The van der Waals surface area contributed by atoms with E-state index in [0.717, 1.165) is 31.9 Å². The van der Waals surface area contributed by atoms with E-state index in [9.17, 15) is 0 Å². The van der Waals surface area contributed by atoms with Crippen LogP contribution in [-0.4, -0.2) is 24.5 Å². The van der Waals surface area contributed by atoms with Crippen LogP contribution in [-0.2, 0) is 6.54 Å².